The van der Waals surface area contributed by atoms with Crippen LogP contribution in [-0.4, -0.2) is 12.0 Å². The predicted octanol–water partition coefficient (Wildman–Crippen LogP) is 5.37. The van der Waals surface area contributed by atoms with Crippen molar-refractivity contribution in [2.75, 3.05) is 0 Å². The number of hydrogen-bond acceptors (Lipinski definition) is 2. The van der Waals surface area contributed by atoms with E-state index in [1.807, 2.05) is 67.6 Å². The third-order valence-corrected chi connectivity index (χ3v) is 4.85. The molecule has 3 rings (SSSR count). The minimum Gasteiger partial charge on any atom is -0.481 e. The molecule has 0 saturated carbocycles. The second-order valence-corrected chi connectivity index (χ2v) is 7.04. The summed E-state index contributed by atoms with van der Waals surface area (Å²) in [5.74, 6) is 0.591. The number of carbonyl (C=O) groups is 1. The van der Waals surface area contributed by atoms with Crippen LogP contribution in [0.5, 0.6) is 5.75 Å². The molecule has 3 aromatic carbocycles. The largest absolute Gasteiger partial charge is 0.481 e. The molecule has 0 aliphatic heterocycles. The van der Waals surface area contributed by atoms with Crippen LogP contribution in [0.1, 0.15) is 41.6 Å². The van der Waals surface area contributed by atoms with Gasteiger partial charge in [0, 0.05) is 0 Å². The highest BCUT2D eigenvalue weighted by Crippen LogP contribution is 2.26. The van der Waals surface area contributed by atoms with Gasteiger partial charge in [-0.25, -0.2) is 0 Å². The lowest BCUT2D eigenvalue weighted by atomic mass is 9.93. The van der Waals surface area contributed by atoms with Crippen molar-refractivity contribution in [3.05, 3.63) is 101 Å². The van der Waals surface area contributed by atoms with Gasteiger partial charge in [-0.2, -0.15) is 0 Å². The zero-order valence-corrected chi connectivity index (χ0v) is 16.7. The van der Waals surface area contributed by atoms with Gasteiger partial charge in [0.25, 0.3) is 5.91 Å². The van der Waals surface area contributed by atoms with E-state index in [0.29, 0.717) is 12.2 Å². The van der Waals surface area contributed by atoms with Crippen molar-refractivity contribution in [3.63, 3.8) is 0 Å². The molecule has 0 unspecified atom stereocenters. The average molecular weight is 373 g/mol. The van der Waals surface area contributed by atoms with E-state index in [4.69, 9.17) is 4.74 Å². The summed E-state index contributed by atoms with van der Waals surface area (Å²) in [4.78, 5) is 13.1. The number of ether oxygens (including phenoxy) is 1. The van der Waals surface area contributed by atoms with Gasteiger partial charge in [0.2, 0.25) is 0 Å². The first kappa shape index (κ1) is 19.7. The number of nitrogens with one attached hydrogen (secondary N) is 1. The van der Waals surface area contributed by atoms with Gasteiger partial charge < -0.3 is 10.1 Å². The van der Waals surface area contributed by atoms with E-state index in [2.05, 4.69) is 37.4 Å². The highest BCUT2D eigenvalue weighted by Gasteiger charge is 2.24. The minimum atomic E-state index is -0.543. The summed E-state index contributed by atoms with van der Waals surface area (Å²) in [5.41, 5.74) is 4.48. The van der Waals surface area contributed by atoms with Gasteiger partial charge in [0.15, 0.2) is 6.10 Å². The molecule has 144 valence electrons. The molecule has 1 N–H and O–H groups in total. The number of para-hydroxylation sites is 1. The summed E-state index contributed by atoms with van der Waals surface area (Å²) < 4.78 is 5.94. The smallest absolute Gasteiger partial charge is 0.261 e. The van der Waals surface area contributed by atoms with Gasteiger partial charge in [-0.15, -0.1) is 0 Å². The molecular formula is C25H27NO2. The van der Waals surface area contributed by atoms with Crippen LogP contribution in [0.2, 0.25) is 0 Å². The first-order valence-corrected chi connectivity index (χ1v) is 9.72. The van der Waals surface area contributed by atoms with Crippen LogP contribution in [0.4, 0.5) is 0 Å². The molecule has 0 heterocycles. The highest BCUT2D eigenvalue weighted by molar-refractivity contribution is 5.82. The molecule has 0 radical (unpaired) electrons. The molecule has 0 aliphatic rings. The number of aryl methyl sites for hydroxylation is 2. The molecule has 1 amide bonds. The van der Waals surface area contributed by atoms with E-state index in [1.165, 1.54) is 5.56 Å². The molecular weight excluding hydrogens is 346 g/mol. The molecule has 3 aromatic rings. The minimum absolute atomic E-state index is 0.110. The highest BCUT2D eigenvalue weighted by atomic mass is 16.5. The van der Waals surface area contributed by atoms with Crippen LogP contribution < -0.4 is 10.1 Å². The lowest BCUT2D eigenvalue weighted by molar-refractivity contribution is -0.128. The van der Waals surface area contributed by atoms with Crippen molar-refractivity contribution >= 4 is 5.91 Å². The van der Waals surface area contributed by atoms with Crippen LogP contribution in [0, 0.1) is 13.8 Å². The standard InChI is InChI=1S/C25H27NO2/c1-4-23(28-21-13-9-6-10-14-21)25(27)26-24(20-11-7-5-8-12-20)22-17-18(2)15-16-19(22)3/h5-17,23-24H,4H2,1-3H3,(H,26,27)/t23-,24+/m0/s1. The maximum Gasteiger partial charge on any atom is 0.261 e. The normalized spacial score (nSPS) is 12.8. The lowest BCUT2D eigenvalue weighted by Crippen LogP contribution is -2.40. The molecule has 0 saturated heterocycles. The lowest BCUT2D eigenvalue weighted by Gasteiger charge is -2.25. The number of benzene rings is 3. The fourth-order valence-electron chi connectivity index (χ4n) is 3.28. The first-order valence-electron chi connectivity index (χ1n) is 9.72. The SMILES string of the molecule is CC[C@H](Oc1ccccc1)C(=O)N[C@H](c1ccccc1)c1cc(C)ccc1C. The molecule has 3 nitrogen and oxygen atoms in total. The summed E-state index contributed by atoms with van der Waals surface area (Å²) in [5, 5.41) is 3.22. The van der Waals surface area contributed by atoms with E-state index in [9.17, 15) is 4.79 Å². The van der Waals surface area contributed by atoms with Crippen molar-refractivity contribution in [2.24, 2.45) is 0 Å². The average Bonchev–Trinajstić information content (AvgIpc) is 2.73. The van der Waals surface area contributed by atoms with Crippen LogP contribution in [0.3, 0.4) is 0 Å². The van der Waals surface area contributed by atoms with Gasteiger partial charge >= 0.3 is 0 Å². The topological polar surface area (TPSA) is 38.3 Å². The van der Waals surface area contributed by atoms with E-state index in [1.54, 1.807) is 0 Å². The fraction of sp³-hybridized carbons (Fsp3) is 0.240. The summed E-state index contributed by atoms with van der Waals surface area (Å²) >= 11 is 0. The Balaban J connectivity index is 1.88. The van der Waals surface area contributed by atoms with E-state index >= 15 is 0 Å². The Labute approximate surface area is 167 Å². The van der Waals surface area contributed by atoms with Crippen molar-refractivity contribution in [2.45, 2.75) is 39.3 Å². The molecule has 0 aliphatic carbocycles. The van der Waals surface area contributed by atoms with E-state index < -0.39 is 6.10 Å². The van der Waals surface area contributed by atoms with Gasteiger partial charge in [0.05, 0.1) is 6.04 Å². The molecule has 0 fully saturated rings. The summed E-state index contributed by atoms with van der Waals surface area (Å²) in [6, 6.07) is 25.7. The maximum atomic E-state index is 13.1. The molecule has 0 bridgehead atoms. The second-order valence-electron chi connectivity index (χ2n) is 7.04. The number of rotatable bonds is 7. The molecule has 3 heteroatoms. The Morgan fingerprint density at radius 2 is 1.57 bits per heavy atom. The van der Waals surface area contributed by atoms with Gasteiger partial charge in [0.1, 0.15) is 5.75 Å². The molecule has 0 aromatic heterocycles. The van der Waals surface area contributed by atoms with Crippen LogP contribution in [0.15, 0.2) is 78.9 Å². The first-order chi connectivity index (χ1) is 13.6. The Hall–Kier alpha value is -3.07. The second kappa shape index (κ2) is 9.23. The summed E-state index contributed by atoms with van der Waals surface area (Å²) in [6.45, 7) is 6.11. The zero-order valence-electron chi connectivity index (χ0n) is 16.7. The Bertz CT molecular complexity index is 906. The number of hydrogen-bond donors (Lipinski definition) is 1. The van der Waals surface area contributed by atoms with E-state index in [-0.39, 0.29) is 11.9 Å². The third kappa shape index (κ3) is 4.80. The van der Waals surface area contributed by atoms with Crippen molar-refractivity contribution in [1.82, 2.24) is 5.32 Å². The quantitative estimate of drug-likeness (QED) is 0.605. The van der Waals surface area contributed by atoms with Gasteiger partial charge in [-0.1, -0.05) is 79.2 Å². The van der Waals surface area contributed by atoms with Gasteiger partial charge in [-0.05, 0) is 49.1 Å². The van der Waals surface area contributed by atoms with Gasteiger partial charge in [-0.3, -0.25) is 4.79 Å². The van der Waals surface area contributed by atoms with Crippen molar-refractivity contribution < 1.29 is 9.53 Å². The molecule has 0 spiro atoms. The Morgan fingerprint density at radius 3 is 2.21 bits per heavy atom. The third-order valence-electron chi connectivity index (χ3n) is 4.85. The summed E-state index contributed by atoms with van der Waals surface area (Å²) in [6.07, 6.45) is 0.0495. The van der Waals surface area contributed by atoms with Crippen LogP contribution >= 0.6 is 0 Å². The van der Waals surface area contributed by atoms with Crippen LogP contribution in [-0.2, 0) is 4.79 Å². The Kier molecular flexibility index (Phi) is 6.49. The summed E-state index contributed by atoms with van der Waals surface area (Å²) in [7, 11) is 0. The maximum absolute atomic E-state index is 13.1. The van der Waals surface area contributed by atoms with Crippen molar-refractivity contribution in [1.29, 1.82) is 0 Å². The number of amides is 1. The van der Waals surface area contributed by atoms with E-state index in [0.717, 1.165) is 16.7 Å². The molecule has 2 atom stereocenters. The fourth-order valence-corrected chi connectivity index (χ4v) is 3.28. The number of carbonyl (C=O) groups excluding carboxylic acids is 1. The Morgan fingerprint density at radius 1 is 0.929 bits per heavy atom. The van der Waals surface area contributed by atoms with Crippen LogP contribution in [0.25, 0.3) is 0 Å². The van der Waals surface area contributed by atoms with Crippen molar-refractivity contribution in [3.8, 4) is 5.75 Å². The predicted molar refractivity (Wildman–Crippen MR) is 113 cm³/mol. The zero-order chi connectivity index (χ0) is 19.9. The monoisotopic (exact) mass is 373 g/mol. The molecule has 28 heavy (non-hydrogen) atoms.